The van der Waals surface area contributed by atoms with Gasteiger partial charge in [0.2, 0.25) is 0 Å². The van der Waals surface area contributed by atoms with Crippen LogP contribution in [-0.4, -0.2) is 48.0 Å². The third-order valence-corrected chi connectivity index (χ3v) is 3.79. The monoisotopic (exact) mass is 229 g/mol. The standard InChI is InChI=1S/C13H27NO2/c1-6-12-8-16-10(2)7-14(12)9-13(4,5)11(3)15/h10-12,15H,6-9H2,1-5H3. The highest BCUT2D eigenvalue weighted by Crippen LogP contribution is 2.25. The van der Waals surface area contributed by atoms with Crippen molar-refractivity contribution in [2.24, 2.45) is 5.41 Å². The van der Waals surface area contributed by atoms with Crippen LogP contribution in [0, 0.1) is 5.41 Å². The Balaban J connectivity index is 2.61. The van der Waals surface area contributed by atoms with Gasteiger partial charge in [0.25, 0.3) is 0 Å². The molecule has 1 aliphatic rings. The molecule has 1 rings (SSSR count). The summed E-state index contributed by atoms with van der Waals surface area (Å²) in [4.78, 5) is 2.47. The van der Waals surface area contributed by atoms with E-state index in [1.54, 1.807) is 0 Å². The first-order valence-corrected chi connectivity index (χ1v) is 6.40. The minimum absolute atomic E-state index is 0.0511. The largest absolute Gasteiger partial charge is 0.393 e. The maximum atomic E-state index is 9.78. The topological polar surface area (TPSA) is 32.7 Å². The second-order valence-corrected chi connectivity index (χ2v) is 5.80. The number of ether oxygens (including phenoxy) is 1. The summed E-state index contributed by atoms with van der Waals surface area (Å²) in [6.45, 7) is 13.2. The zero-order chi connectivity index (χ0) is 12.3. The smallest absolute Gasteiger partial charge is 0.0674 e. The second kappa shape index (κ2) is 5.48. The van der Waals surface area contributed by atoms with Crippen molar-refractivity contribution < 1.29 is 9.84 Å². The average Bonchev–Trinajstić information content (AvgIpc) is 2.17. The van der Waals surface area contributed by atoms with E-state index in [2.05, 4.69) is 32.6 Å². The molecule has 3 heteroatoms. The van der Waals surface area contributed by atoms with Gasteiger partial charge in [-0.2, -0.15) is 0 Å². The van der Waals surface area contributed by atoms with Gasteiger partial charge < -0.3 is 9.84 Å². The first-order valence-electron chi connectivity index (χ1n) is 6.40. The molecular weight excluding hydrogens is 202 g/mol. The van der Waals surface area contributed by atoms with Crippen molar-refractivity contribution in [3.05, 3.63) is 0 Å². The number of rotatable bonds is 4. The van der Waals surface area contributed by atoms with Gasteiger partial charge in [0.1, 0.15) is 0 Å². The van der Waals surface area contributed by atoms with Crippen LogP contribution in [0.25, 0.3) is 0 Å². The van der Waals surface area contributed by atoms with E-state index in [1.165, 1.54) is 0 Å². The third-order valence-electron chi connectivity index (χ3n) is 3.79. The third kappa shape index (κ3) is 3.44. The highest BCUT2D eigenvalue weighted by molar-refractivity contribution is 4.85. The van der Waals surface area contributed by atoms with Crippen LogP contribution >= 0.6 is 0 Å². The summed E-state index contributed by atoms with van der Waals surface area (Å²) in [5, 5.41) is 9.78. The lowest BCUT2D eigenvalue weighted by molar-refractivity contribution is -0.0781. The predicted molar refractivity (Wildman–Crippen MR) is 66.5 cm³/mol. The summed E-state index contributed by atoms with van der Waals surface area (Å²) in [5.74, 6) is 0. The quantitative estimate of drug-likeness (QED) is 0.799. The maximum absolute atomic E-state index is 9.78. The Morgan fingerprint density at radius 3 is 2.62 bits per heavy atom. The van der Waals surface area contributed by atoms with Crippen molar-refractivity contribution in [3.63, 3.8) is 0 Å². The number of morpholine rings is 1. The first-order chi connectivity index (χ1) is 7.36. The summed E-state index contributed by atoms with van der Waals surface area (Å²) < 4.78 is 5.68. The molecule has 96 valence electrons. The minimum atomic E-state index is -0.275. The van der Waals surface area contributed by atoms with Crippen LogP contribution in [0.4, 0.5) is 0 Å². The van der Waals surface area contributed by atoms with Gasteiger partial charge in [-0.3, -0.25) is 4.90 Å². The highest BCUT2D eigenvalue weighted by Gasteiger charge is 2.32. The molecule has 1 saturated heterocycles. The molecule has 0 aromatic rings. The number of nitrogens with zero attached hydrogens (tertiary/aromatic N) is 1. The van der Waals surface area contributed by atoms with Crippen molar-refractivity contribution in [1.82, 2.24) is 4.90 Å². The van der Waals surface area contributed by atoms with Gasteiger partial charge in [-0.1, -0.05) is 20.8 Å². The van der Waals surface area contributed by atoms with E-state index in [-0.39, 0.29) is 11.5 Å². The molecule has 16 heavy (non-hydrogen) atoms. The van der Waals surface area contributed by atoms with Crippen molar-refractivity contribution in [2.75, 3.05) is 19.7 Å². The first kappa shape index (κ1) is 13.9. The van der Waals surface area contributed by atoms with Gasteiger partial charge in [0.05, 0.1) is 18.8 Å². The van der Waals surface area contributed by atoms with Crippen LogP contribution < -0.4 is 0 Å². The molecule has 1 aliphatic heterocycles. The summed E-state index contributed by atoms with van der Waals surface area (Å²) in [7, 11) is 0. The van der Waals surface area contributed by atoms with Crippen LogP contribution in [0.15, 0.2) is 0 Å². The summed E-state index contributed by atoms with van der Waals surface area (Å²) >= 11 is 0. The molecule has 0 aromatic heterocycles. The van der Waals surface area contributed by atoms with E-state index >= 15 is 0 Å². The maximum Gasteiger partial charge on any atom is 0.0674 e. The van der Waals surface area contributed by atoms with Crippen LogP contribution in [-0.2, 0) is 4.74 Å². The molecule has 0 saturated carbocycles. The minimum Gasteiger partial charge on any atom is -0.393 e. The average molecular weight is 229 g/mol. The van der Waals surface area contributed by atoms with Crippen molar-refractivity contribution in [1.29, 1.82) is 0 Å². The molecule has 0 aliphatic carbocycles. The number of aliphatic hydroxyl groups excluding tert-OH is 1. The Labute approximate surface area is 99.8 Å². The van der Waals surface area contributed by atoms with Crippen molar-refractivity contribution >= 4 is 0 Å². The molecule has 0 spiro atoms. The Morgan fingerprint density at radius 1 is 1.50 bits per heavy atom. The van der Waals surface area contributed by atoms with E-state index in [9.17, 15) is 5.11 Å². The summed E-state index contributed by atoms with van der Waals surface area (Å²) in [6, 6.07) is 0.509. The van der Waals surface area contributed by atoms with Crippen LogP contribution in [0.1, 0.15) is 41.0 Å². The number of hydrogen-bond acceptors (Lipinski definition) is 3. The fourth-order valence-corrected chi connectivity index (χ4v) is 2.14. The Morgan fingerprint density at radius 2 is 2.12 bits per heavy atom. The summed E-state index contributed by atoms with van der Waals surface area (Å²) in [5.41, 5.74) is -0.0511. The fraction of sp³-hybridized carbons (Fsp3) is 1.00. The molecule has 3 unspecified atom stereocenters. The lowest BCUT2D eigenvalue weighted by Crippen LogP contribution is -2.53. The van der Waals surface area contributed by atoms with Crippen LogP contribution in [0.3, 0.4) is 0 Å². The molecular formula is C13H27NO2. The molecule has 1 N–H and O–H groups in total. The van der Waals surface area contributed by atoms with Gasteiger partial charge in [-0.15, -0.1) is 0 Å². The Bertz CT molecular complexity index is 216. The van der Waals surface area contributed by atoms with Crippen molar-refractivity contribution in [3.8, 4) is 0 Å². The van der Waals surface area contributed by atoms with E-state index in [1.807, 2.05) is 6.92 Å². The molecule has 0 radical (unpaired) electrons. The SMILES string of the molecule is CCC1COC(C)CN1CC(C)(C)C(C)O. The van der Waals surface area contributed by atoms with Crippen LogP contribution in [0.5, 0.6) is 0 Å². The Hall–Kier alpha value is -0.120. The van der Waals surface area contributed by atoms with Crippen LogP contribution in [0.2, 0.25) is 0 Å². The lowest BCUT2D eigenvalue weighted by Gasteiger charge is -2.43. The zero-order valence-electron chi connectivity index (χ0n) is 11.4. The van der Waals surface area contributed by atoms with Gasteiger partial charge in [0, 0.05) is 24.5 Å². The Kier molecular flexibility index (Phi) is 4.77. The molecule has 3 atom stereocenters. The fourth-order valence-electron chi connectivity index (χ4n) is 2.14. The number of aliphatic hydroxyl groups is 1. The predicted octanol–water partition coefficient (Wildman–Crippen LogP) is 1.89. The van der Waals surface area contributed by atoms with E-state index in [4.69, 9.17) is 4.74 Å². The van der Waals surface area contributed by atoms with Gasteiger partial charge in [-0.25, -0.2) is 0 Å². The molecule has 0 bridgehead atoms. The molecule has 0 aromatic carbocycles. The normalized spacial score (nSPS) is 30.4. The summed E-state index contributed by atoms with van der Waals surface area (Å²) in [6.07, 6.45) is 1.15. The van der Waals surface area contributed by atoms with Gasteiger partial charge >= 0.3 is 0 Å². The van der Waals surface area contributed by atoms with E-state index < -0.39 is 0 Å². The lowest BCUT2D eigenvalue weighted by atomic mass is 9.86. The highest BCUT2D eigenvalue weighted by atomic mass is 16.5. The molecule has 1 heterocycles. The molecule has 1 fully saturated rings. The molecule has 0 amide bonds. The zero-order valence-corrected chi connectivity index (χ0v) is 11.4. The van der Waals surface area contributed by atoms with Gasteiger partial charge in [-0.05, 0) is 20.3 Å². The van der Waals surface area contributed by atoms with Gasteiger partial charge in [0.15, 0.2) is 0 Å². The second-order valence-electron chi connectivity index (χ2n) is 5.80. The van der Waals surface area contributed by atoms with E-state index in [0.29, 0.717) is 12.1 Å². The van der Waals surface area contributed by atoms with E-state index in [0.717, 1.165) is 26.1 Å². The van der Waals surface area contributed by atoms with Crippen molar-refractivity contribution in [2.45, 2.75) is 59.3 Å². The molecule has 3 nitrogen and oxygen atoms in total. The number of hydrogen-bond donors (Lipinski definition) is 1.